The Morgan fingerprint density at radius 3 is 2.13 bits per heavy atom. The zero-order valence-electron chi connectivity index (χ0n) is 46.2. The first-order valence-electron chi connectivity index (χ1n) is 26.9. The molecular weight excluding hydrogens is 1090 g/mol. The van der Waals surface area contributed by atoms with Crippen LogP contribution in [-0.2, 0) is 52.6 Å². The summed E-state index contributed by atoms with van der Waals surface area (Å²) < 4.78 is 75.8. The van der Waals surface area contributed by atoms with Crippen molar-refractivity contribution >= 4 is 52.4 Å². The van der Waals surface area contributed by atoms with E-state index in [1.54, 1.807) is 46.8 Å². The number of likely N-dealkylation sites (tertiary alicyclic amines) is 1. The van der Waals surface area contributed by atoms with E-state index in [9.17, 15) is 42.3 Å². The number of aromatic nitrogens is 1. The van der Waals surface area contributed by atoms with Gasteiger partial charge in [0, 0.05) is 56.1 Å². The van der Waals surface area contributed by atoms with Gasteiger partial charge in [0.2, 0.25) is 11.8 Å². The number of amides is 6. The number of aliphatic hydroxyl groups excluding tert-OH is 1. The third-order valence-electron chi connectivity index (χ3n) is 14.2. The SMILES string of the molecule is Cc1ncsc1-c1ccc(CNC(=O)[C@@H]2C[C@@H](O)CN2C(=O)C(C(C)C)N2Cc3ccccc3C2=O)c(OCCOCCOCCCOCCOCCOc2ccc(N3C(=O)N(c4ccc(C#N)c(C(F)(F)F)c4)C(=O)C3(C)C)cc2)c1. The fourth-order valence-electron chi connectivity index (χ4n) is 10.1. The summed E-state index contributed by atoms with van der Waals surface area (Å²) in [4.78, 5) is 78.8. The predicted octanol–water partition coefficient (Wildman–Crippen LogP) is 7.93. The molecule has 2 fully saturated rings. The highest BCUT2D eigenvalue weighted by atomic mass is 32.1. The number of ether oxygens (including phenoxy) is 6. The third kappa shape index (κ3) is 14.1. The number of aliphatic hydroxyl groups is 1. The molecule has 82 heavy (non-hydrogen) atoms. The van der Waals surface area contributed by atoms with Crippen molar-refractivity contribution in [2.75, 3.05) is 82.4 Å². The minimum atomic E-state index is -4.87. The molecule has 3 aliphatic heterocycles. The number of urea groups is 1. The van der Waals surface area contributed by atoms with Gasteiger partial charge in [-0.2, -0.15) is 18.4 Å². The van der Waals surface area contributed by atoms with Gasteiger partial charge in [-0.1, -0.05) is 44.2 Å². The molecular formula is C59H66F3N7O12S. The Morgan fingerprint density at radius 2 is 1.50 bits per heavy atom. The van der Waals surface area contributed by atoms with E-state index in [1.165, 1.54) is 41.1 Å². The molecule has 4 aromatic carbocycles. The molecule has 2 saturated heterocycles. The number of carbonyl (C=O) groups is 5. The van der Waals surface area contributed by atoms with E-state index in [2.05, 4.69) is 10.3 Å². The van der Waals surface area contributed by atoms with Gasteiger partial charge in [-0.15, -0.1) is 11.3 Å². The quantitative estimate of drug-likeness (QED) is 0.0377. The first-order valence-corrected chi connectivity index (χ1v) is 27.8. The number of hydrogen-bond donors (Lipinski definition) is 2. The topological polar surface area (TPSA) is 223 Å². The standard InChI is InChI=1S/C59H66F3N7O12S/c1-37(2)51(67-34-42-9-6-7-10-47(42)54(67)72)55(73)66-35-45(70)31-49(66)53(71)64-33-41-12-11-39(52-38(3)65-36-82-52)29-50(41)81-28-26-79-24-22-77-20-8-19-76-21-23-78-25-27-80-46-17-15-43(16-18-46)69-57(75)68(56(74)58(69,4)5)44-14-13-40(32-63)48(30-44)59(60,61)62/h6-7,9-18,29-30,36-37,45,49,51,70H,8,19-28,31,33-35H2,1-5H3,(H,64,71)/t45-,49+,51?/m1/s1. The summed E-state index contributed by atoms with van der Waals surface area (Å²) in [5.41, 5.74) is 2.37. The Kier molecular flexibility index (Phi) is 20.0. The van der Waals surface area contributed by atoms with E-state index in [1.807, 2.05) is 51.1 Å². The normalized spacial score (nSPS) is 17.2. The second kappa shape index (κ2) is 27.1. The van der Waals surface area contributed by atoms with E-state index >= 15 is 0 Å². The minimum Gasteiger partial charge on any atom is -0.491 e. The monoisotopic (exact) mass is 1150 g/mol. The summed E-state index contributed by atoms with van der Waals surface area (Å²) in [5, 5.41) is 22.9. The number of halogens is 3. The lowest BCUT2D eigenvalue weighted by Crippen LogP contribution is -2.55. The lowest BCUT2D eigenvalue weighted by atomic mass is 10.0. The molecule has 1 aromatic heterocycles. The van der Waals surface area contributed by atoms with E-state index < -0.39 is 58.9 Å². The molecule has 0 aliphatic carbocycles. The van der Waals surface area contributed by atoms with E-state index in [-0.39, 0.29) is 75.9 Å². The fourth-order valence-corrected chi connectivity index (χ4v) is 10.9. The van der Waals surface area contributed by atoms with Crippen LogP contribution in [0.5, 0.6) is 11.5 Å². The molecule has 4 heterocycles. The van der Waals surface area contributed by atoms with Crippen LogP contribution in [0, 0.1) is 24.2 Å². The minimum absolute atomic E-state index is 0.0229. The maximum absolute atomic E-state index is 14.2. The van der Waals surface area contributed by atoms with Gasteiger partial charge in [0.15, 0.2) is 0 Å². The van der Waals surface area contributed by atoms with E-state index in [0.717, 1.165) is 33.8 Å². The number of carbonyl (C=O) groups excluding carboxylic acids is 5. The number of hydrogen-bond acceptors (Lipinski definition) is 15. The Hall–Kier alpha value is -7.46. The summed E-state index contributed by atoms with van der Waals surface area (Å²) in [5.74, 6) is -1.01. The molecule has 436 valence electrons. The van der Waals surface area contributed by atoms with Crippen molar-refractivity contribution in [3.63, 3.8) is 0 Å². The molecule has 3 atom stereocenters. The summed E-state index contributed by atoms with van der Waals surface area (Å²) in [6.45, 7) is 12.3. The molecule has 19 nitrogen and oxygen atoms in total. The number of β-amino-alcohol motifs (C(OH)–C–C–N with tert-alkyl or cyclic N) is 1. The number of aryl methyl sites for hydroxylation is 1. The number of alkyl halides is 3. The smallest absolute Gasteiger partial charge is 0.417 e. The number of fused-ring (bicyclic) bond motifs is 1. The van der Waals surface area contributed by atoms with Gasteiger partial charge in [0.05, 0.1) is 84.7 Å². The van der Waals surface area contributed by atoms with Crippen LogP contribution < -0.4 is 24.6 Å². The second-order valence-electron chi connectivity index (χ2n) is 20.6. The fraction of sp³-hybridized carbons (Fsp3) is 0.441. The molecule has 2 N–H and O–H groups in total. The van der Waals surface area contributed by atoms with Crippen molar-refractivity contribution in [2.45, 2.75) is 90.5 Å². The number of nitriles is 1. The van der Waals surface area contributed by atoms with Gasteiger partial charge in [0.25, 0.3) is 11.8 Å². The number of nitrogens with zero attached hydrogens (tertiary/aromatic N) is 6. The molecule has 5 aromatic rings. The Morgan fingerprint density at radius 1 is 0.854 bits per heavy atom. The number of rotatable bonds is 27. The number of thiazole rings is 1. The first-order chi connectivity index (χ1) is 39.3. The average Bonchev–Trinajstić information content (AvgIpc) is 2.73. The lowest BCUT2D eigenvalue weighted by Gasteiger charge is -2.35. The predicted molar refractivity (Wildman–Crippen MR) is 296 cm³/mol. The van der Waals surface area contributed by atoms with Crippen molar-refractivity contribution in [2.24, 2.45) is 5.92 Å². The van der Waals surface area contributed by atoms with Crippen molar-refractivity contribution in [3.8, 4) is 28.0 Å². The molecule has 0 bridgehead atoms. The zero-order chi connectivity index (χ0) is 58.7. The maximum Gasteiger partial charge on any atom is 0.417 e. The number of nitrogens with one attached hydrogen (secondary N) is 1. The number of imide groups is 1. The van der Waals surface area contributed by atoms with Gasteiger partial charge in [-0.3, -0.25) is 24.1 Å². The highest BCUT2D eigenvalue weighted by Gasteiger charge is 2.53. The highest BCUT2D eigenvalue weighted by Crippen LogP contribution is 2.40. The van der Waals surface area contributed by atoms with Crippen molar-refractivity contribution in [1.29, 1.82) is 5.26 Å². The molecule has 8 rings (SSSR count). The van der Waals surface area contributed by atoms with Crippen molar-refractivity contribution in [3.05, 3.63) is 124 Å². The van der Waals surface area contributed by atoms with Crippen LogP contribution in [0.15, 0.2) is 90.4 Å². The third-order valence-corrected chi connectivity index (χ3v) is 15.2. The molecule has 0 spiro atoms. The Labute approximate surface area is 477 Å². The molecule has 6 amide bonds. The van der Waals surface area contributed by atoms with Crippen LogP contribution in [-0.4, -0.2) is 146 Å². The van der Waals surface area contributed by atoms with Crippen LogP contribution >= 0.6 is 11.3 Å². The Balaban J connectivity index is 0.698. The largest absolute Gasteiger partial charge is 0.491 e. The first kappa shape index (κ1) is 60.6. The van der Waals surface area contributed by atoms with Crippen LogP contribution in [0.25, 0.3) is 10.4 Å². The highest BCUT2D eigenvalue weighted by molar-refractivity contribution is 7.13. The van der Waals surface area contributed by atoms with Gasteiger partial charge in [-0.25, -0.2) is 14.7 Å². The van der Waals surface area contributed by atoms with Crippen LogP contribution in [0.2, 0.25) is 0 Å². The lowest BCUT2D eigenvalue weighted by molar-refractivity contribution is -0.143. The van der Waals surface area contributed by atoms with Gasteiger partial charge >= 0.3 is 12.2 Å². The molecule has 23 heteroatoms. The summed E-state index contributed by atoms with van der Waals surface area (Å²) in [6.07, 6.45) is -5.06. The van der Waals surface area contributed by atoms with Crippen molar-refractivity contribution in [1.82, 2.24) is 20.1 Å². The van der Waals surface area contributed by atoms with Gasteiger partial charge < -0.3 is 48.6 Å². The van der Waals surface area contributed by atoms with E-state index in [0.29, 0.717) is 85.3 Å². The molecule has 0 saturated carbocycles. The maximum atomic E-state index is 14.2. The molecule has 0 radical (unpaired) electrons. The number of anilines is 2. The van der Waals surface area contributed by atoms with Crippen molar-refractivity contribution < 1.29 is 70.7 Å². The van der Waals surface area contributed by atoms with Gasteiger partial charge in [0.1, 0.15) is 42.3 Å². The van der Waals surface area contributed by atoms with Crippen LogP contribution in [0.1, 0.15) is 78.8 Å². The molecule has 1 unspecified atom stereocenters. The second-order valence-corrected chi connectivity index (χ2v) is 21.5. The van der Waals surface area contributed by atoms with Crippen LogP contribution in [0.3, 0.4) is 0 Å². The van der Waals surface area contributed by atoms with E-state index in [4.69, 9.17) is 33.7 Å². The molecule has 3 aliphatic rings. The van der Waals surface area contributed by atoms with Crippen LogP contribution in [0.4, 0.5) is 29.3 Å². The summed E-state index contributed by atoms with van der Waals surface area (Å²) >= 11 is 1.51. The summed E-state index contributed by atoms with van der Waals surface area (Å²) in [6, 6.07) is 20.9. The Bertz CT molecular complexity index is 3130. The number of benzene rings is 4. The zero-order valence-corrected chi connectivity index (χ0v) is 47.1. The summed E-state index contributed by atoms with van der Waals surface area (Å²) in [7, 11) is 0. The van der Waals surface area contributed by atoms with Gasteiger partial charge in [-0.05, 0) is 98.8 Å². The average molecular weight is 1150 g/mol.